The van der Waals surface area contributed by atoms with E-state index >= 15 is 0 Å². The third-order valence-electron chi connectivity index (χ3n) is 4.53. The molecule has 3 N–H and O–H groups in total. The van der Waals surface area contributed by atoms with Gasteiger partial charge in [-0.25, -0.2) is 4.99 Å². The number of nitrogens with zero attached hydrogens (tertiary/aromatic N) is 2. The molecule has 1 heterocycles. The fraction of sp³-hybridized carbons (Fsp3) is 0.381. The van der Waals surface area contributed by atoms with E-state index in [9.17, 15) is 0 Å². The first-order valence-electron chi connectivity index (χ1n) is 9.47. The Hall–Kier alpha value is -2.04. The van der Waals surface area contributed by atoms with Crippen molar-refractivity contribution in [2.75, 3.05) is 51.9 Å². The number of ether oxygens (including phenoxy) is 3. The van der Waals surface area contributed by atoms with Crippen molar-refractivity contribution in [3.63, 3.8) is 0 Å². The number of hydrogen-bond acceptors (Lipinski definition) is 5. The first-order valence-corrected chi connectivity index (χ1v) is 9.47. The van der Waals surface area contributed by atoms with Gasteiger partial charge < -0.3 is 25.3 Å². The minimum absolute atomic E-state index is 0. The lowest BCUT2D eigenvalue weighted by molar-refractivity contribution is 0.0322. The Bertz CT molecular complexity index is 782. The van der Waals surface area contributed by atoms with Crippen LogP contribution in [0.3, 0.4) is 0 Å². The fourth-order valence-corrected chi connectivity index (χ4v) is 2.98. The molecule has 0 aromatic heterocycles. The van der Waals surface area contributed by atoms with Gasteiger partial charge in [-0.05, 0) is 18.2 Å². The highest BCUT2D eigenvalue weighted by Crippen LogP contribution is 2.23. The number of rotatable bonds is 8. The number of guanidine groups is 1. The average Bonchev–Trinajstić information content (AvgIpc) is 2.74. The molecular formula is C21H29IN4O3. The van der Waals surface area contributed by atoms with Gasteiger partial charge in [-0.1, -0.05) is 30.3 Å². The average molecular weight is 512 g/mol. The largest absolute Gasteiger partial charge is 0.495 e. The summed E-state index contributed by atoms with van der Waals surface area (Å²) in [7, 11) is 1.62. The number of para-hydroxylation sites is 3. The summed E-state index contributed by atoms with van der Waals surface area (Å²) in [5.41, 5.74) is 7.82. The number of methoxy groups -OCH3 is 1. The van der Waals surface area contributed by atoms with E-state index in [2.05, 4.69) is 15.2 Å². The van der Waals surface area contributed by atoms with Crippen molar-refractivity contribution in [1.29, 1.82) is 0 Å². The Morgan fingerprint density at radius 3 is 2.55 bits per heavy atom. The number of morpholine rings is 1. The highest BCUT2D eigenvalue weighted by atomic mass is 127. The van der Waals surface area contributed by atoms with Gasteiger partial charge in [0.15, 0.2) is 5.96 Å². The van der Waals surface area contributed by atoms with Crippen molar-refractivity contribution < 1.29 is 14.2 Å². The molecule has 3 rings (SSSR count). The summed E-state index contributed by atoms with van der Waals surface area (Å²) >= 11 is 0. The molecule has 1 aliphatic heterocycles. The smallest absolute Gasteiger partial charge is 0.193 e. The van der Waals surface area contributed by atoms with Crippen molar-refractivity contribution in [3.8, 4) is 11.5 Å². The van der Waals surface area contributed by atoms with E-state index in [0.717, 1.165) is 49.8 Å². The molecular weight excluding hydrogens is 483 g/mol. The summed E-state index contributed by atoms with van der Waals surface area (Å²) in [6.07, 6.45) is 0. The van der Waals surface area contributed by atoms with E-state index in [1.165, 1.54) is 0 Å². The predicted octanol–water partition coefficient (Wildman–Crippen LogP) is 2.95. The Labute approximate surface area is 189 Å². The predicted molar refractivity (Wildman–Crippen MR) is 127 cm³/mol. The van der Waals surface area contributed by atoms with E-state index in [0.29, 0.717) is 24.9 Å². The number of nitrogens with one attached hydrogen (secondary N) is 1. The molecule has 1 aliphatic rings. The van der Waals surface area contributed by atoms with Gasteiger partial charge in [-0.2, -0.15) is 0 Å². The zero-order valence-corrected chi connectivity index (χ0v) is 19.0. The highest BCUT2D eigenvalue weighted by molar-refractivity contribution is 14.0. The number of anilines is 1. The molecule has 0 amide bonds. The zero-order chi connectivity index (χ0) is 19.6. The molecule has 1 saturated heterocycles. The quantitative estimate of drug-likeness (QED) is 0.322. The third-order valence-corrected chi connectivity index (χ3v) is 4.53. The lowest BCUT2D eigenvalue weighted by Crippen LogP contribution is -2.38. The first-order chi connectivity index (χ1) is 13.8. The molecule has 0 radical (unpaired) electrons. The Kier molecular flexibility index (Phi) is 10.0. The summed E-state index contributed by atoms with van der Waals surface area (Å²) in [5, 5.41) is 3.08. The number of hydrogen-bond donors (Lipinski definition) is 2. The van der Waals surface area contributed by atoms with Crippen molar-refractivity contribution in [2.45, 2.75) is 6.54 Å². The van der Waals surface area contributed by atoms with Gasteiger partial charge in [0.05, 0.1) is 32.6 Å². The van der Waals surface area contributed by atoms with Gasteiger partial charge in [-0.3, -0.25) is 4.90 Å². The van der Waals surface area contributed by atoms with Crippen LogP contribution >= 0.6 is 24.0 Å². The zero-order valence-electron chi connectivity index (χ0n) is 16.7. The third kappa shape index (κ3) is 7.37. The standard InChI is InChI=1S/C21H28N4O3.HI/c1-26-20-9-5-3-7-18(20)24-21(22)23-16-17-6-2-4-8-19(17)28-15-12-25-10-13-27-14-11-25;/h2-9H,10-16H2,1H3,(H3,22,23,24);1H. The molecule has 2 aromatic carbocycles. The minimum atomic E-state index is 0. The lowest BCUT2D eigenvalue weighted by atomic mass is 10.2. The Balaban J connectivity index is 0.00000300. The van der Waals surface area contributed by atoms with Crippen LogP contribution in [0.15, 0.2) is 53.5 Å². The molecule has 29 heavy (non-hydrogen) atoms. The van der Waals surface area contributed by atoms with E-state index in [1.54, 1.807) is 7.11 Å². The van der Waals surface area contributed by atoms with Gasteiger partial charge in [0.1, 0.15) is 18.1 Å². The van der Waals surface area contributed by atoms with E-state index in [-0.39, 0.29) is 24.0 Å². The van der Waals surface area contributed by atoms with E-state index in [1.807, 2.05) is 48.5 Å². The SMILES string of the molecule is COc1ccccc1NC(N)=NCc1ccccc1OCCN1CCOCC1.I. The monoisotopic (exact) mass is 512 g/mol. The second kappa shape index (κ2) is 12.5. The normalized spacial score (nSPS) is 14.7. The number of benzene rings is 2. The molecule has 0 spiro atoms. The number of halogens is 1. The fourth-order valence-electron chi connectivity index (χ4n) is 2.98. The van der Waals surface area contributed by atoms with Gasteiger partial charge in [0.2, 0.25) is 0 Å². The van der Waals surface area contributed by atoms with Crippen molar-refractivity contribution in [3.05, 3.63) is 54.1 Å². The molecule has 158 valence electrons. The molecule has 0 saturated carbocycles. The molecule has 8 heteroatoms. The van der Waals surface area contributed by atoms with Gasteiger partial charge in [-0.15, -0.1) is 24.0 Å². The van der Waals surface area contributed by atoms with Crippen LogP contribution in [0.1, 0.15) is 5.56 Å². The van der Waals surface area contributed by atoms with Crippen LogP contribution < -0.4 is 20.5 Å². The van der Waals surface area contributed by atoms with Gasteiger partial charge in [0.25, 0.3) is 0 Å². The van der Waals surface area contributed by atoms with Crippen LogP contribution in [-0.4, -0.2) is 57.4 Å². The molecule has 0 bridgehead atoms. The first kappa shape index (κ1) is 23.2. The molecule has 1 fully saturated rings. The van der Waals surface area contributed by atoms with Crippen LogP contribution in [0, 0.1) is 0 Å². The Morgan fingerprint density at radius 1 is 1.10 bits per heavy atom. The summed E-state index contributed by atoms with van der Waals surface area (Å²) < 4.78 is 16.7. The van der Waals surface area contributed by atoms with Crippen LogP contribution in [0.25, 0.3) is 0 Å². The van der Waals surface area contributed by atoms with Crippen molar-refractivity contribution in [2.24, 2.45) is 10.7 Å². The second-order valence-corrected chi connectivity index (χ2v) is 6.44. The van der Waals surface area contributed by atoms with Gasteiger partial charge in [0, 0.05) is 25.2 Å². The number of aliphatic imine (C=N–C) groups is 1. The maximum Gasteiger partial charge on any atom is 0.193 e. The van der Waals surface area contributed by atoms with Crippen molar-refractivity contribution in [1.82, 2.24) is 4.90 Å². The minimum Gasteiger partial charge on any atom is -0.495 e. The van der Waals surface area contributed by atoms with Crippen molar-refractivity contribution >= 4 is 35.6 Å². The van der Waals surface area contributed by atoms with Crippen LogP contribution in [-0.2, 0) is 11.3 Å². The second-order valence-electron chi connectivity index (χ2n) is 6.44. The summed E-state index contributed by atoms with van der Waals surface area (Å²) in [4.78, 5) is 6.79. The summed E-state index contributed by atoms with van der Waals surface area (Å²) in [5.74, 6) is 1.88. The topological polar surface area (TPSA) is 81.3 Å². The maximum atomic E-state index is 6.05. The number of nitrogens with two attached hydrogens (primary N) is 1. The molecule has 0 atom stereocenters. The summed E-state index contributed by atoms with van der Waals surface area (Å²) in [6, 6.07) is 15.5. The molecule has 2 aromatic rings. The lowest BCUT2D eigenvalue weighted by Gasteiger charge is -2.26. The van der Waals surface area contributed by atoms with E-state index in [4.69, 9.17) is 19.9 Å². The maximum absolute atomic E-state index is 6.05. The van der Waals surface area contributed by atoms with Crippen LogP contribution in [0.5, 0.6) is 11.5 Å². The van der Waals surface area contributed by atoms with Crippen LogP contribution in [0.4, 0.5) is 5.69 Å². The Morgan fingerprint density at radius 2 is 1.79 bits per heavy atom. The van der Waals surface area contributed by atoms with Crippen LogP contribution in [0.2, 0.25) is 0 Å². The summed E-state index contributed by atoms with van der Waals surface area (Å²) in [6.45, 7) is 5.46. The molecule has 0 aliphatic carbocycles. The van der Waals surface area contributed by atoms with E-state index < -0.39 is 0 Å². The highest BCUT2D eigenvalue weighted by Gasteiger charge is 2.10. The molecule has 7 nitrogen and oxygen atoms in total. The van der Waals surface area contributed by atoms with Gasteiger partial charge >= 0.3 is 0 Å². The molecule has 0 unspecified atom stereocenters.